The van der Waals surface area contributed by atoms with Crippen molar-refractivity contribution in [2.75, 3.05) is 4.90 Å². The Morgan fingerprint density at radius 2 is 1.85 bits per heavy atom. The van der Waals surface area contributed by atoms with Gasteiger partial charge in [-0.05, 0) is 75.3 Å². The van der Waals surface area contributed by atoms with Crippen molar-refractivity contribution in [1.29, 1.82) is 0 Å². The Bertz CT molecular complexity index is 907. The van der Waals surface area contributed by atoms with Crippen molar-refractivity contribution in [3.05, 3.63) is 39.0 Å². The van der Waals surface area contributed by atoms with Gasteiger partial charge in [0.1, 0.15) is 11.1 Å². The topological polar surface area (TPSA) is 90.2 Å². The lowest BCUT2D eigenvalue weighted by molar-refractivity contribution is 0.0524. The second kappa shape index (κ2) is 10.6. The van der Waals surface area contributed by atoms with Crippen LogP contribution < -0.4 is 4.90 Å². The van der Waals surface area contributed by atoms with Gasteiger partial charge in [0.25, 0.3) is 0 Å². The van der Waals surface area contributed by atoms with Gasteiger partial charge in [0, 0.05) is 22.0 Å². The fourth-order valence-corrected chi connectivity index (χ4v) is 6.74. The SMILES string of the molecule is C=C1CC=C(c2cc(N(C3CCC(O)CC3)C(O)C3CCC(C)CC3)c(C(=O)N=O)s2)CC1. The first-order chi connectivity index (χ1) is 15.9. The number of rotatable bonds is 6. The van der Waals surface area contributed by atoms with E-state index in [0.29, 0.717) is 29.3 Å². The first-order valence-corrected chi connectivity index (χ1v) is 13.2. The van der Waals surface area contributed by atoms with E-state index in [9.17, 15) is 19.9 Å². The third-order valence-corrected chi connectivity index (χ3v) is 8.98. The minimum absolute atomic E-state index is 0.0171. The summed E-state index contributed by atoms with van der Waals surface area (Å²) >= 11 is 1.31. The van der Waals surface area contributed by atoms with Crippen LogP contribution in [-0.4, -0.2) is 34.5 Å². The molecule has 1 aromatic heterocycles. The van der Waals surface area contributed by atoms with Crippen molar-refractivity contribution >= 4 is 28.5 Å². The van der Waals surface area contributed by atoms with Crippen LogP contribution in [0.25, 0.3) is 5.57 Å². The number of thiophene rings is 1. The molecule has 2 fully saturated rings. The van der Waals surface area contributed by atoms with E-state index >= 15 is 0 Å². The maximum atomic E-state index is 12.6. The van der Waals surface area contributed by atoms with Gasteiger partial charge < -0.3 is 15.1 Å². The molecular weight excluding hydrogens is 436 g/mol. The van der Waals surface area contributed by atoms with Crippen LogP contribution in [0, 0.1) is 16.7 Å². The molecule has 0 spiro atoms. The minimum Gasteiger partial charge on any atom is -0.393 e. The zero-order chi connectivity index (χ0) is 23.5. The van der Waals surface area contributed by atoms with Gasteiger partial charge >= 0.3 is 5.91 Å². The van der Waals surface area contributed by atoms with Crippen molar-refractivity contribution in [2.24, 2.45) is 17.0 Å². The van der Waals surface area contributed by atoms with Crippen molar-refractivity contribution in [2.45, 2.75) is 95.9 Å². The Kier molecular flexibility index (Phi) is 7.82. The van der Waals surface area contributed by atoms with Crippen LogP contribution in [-0.2, 0) is 0 Å². The van der Waals surface area contributed by atoms with Crippen molar-refractivity contribution < 1.29 is 15.0 Å². The summed E-state index contributed by atoms with van der Waals surface area (Å²) in [6.45, 7) is 6.33. The van der Waals surface area contributed by atoms with E-state index in [2.05, 4.69) is 24.8 Å². The molecule has 0 aromatic carbocycles. The number of aliphatic hydroxyl groups is 2. The van der Waals surface area contributed by atoms with E-state index in [4.69, 9.17) is 0 Å². The van der Waals surface area contributed by atoms with Crippen LogP contribution in [0.15, 0.2) is 29.5 Å². The third kappa shape index (κ3) is 5.47. The standard InChI is InChI=1S/C26H36N2O4S/c1-16-3-7-18(8-4-16)23-15-22(24(33-23)25(30)27-32)28(20-11-13-21(29)14-12-20)26(31)19-9-5-17(2)6-10-19/h7,15,17,19-21,26,29,31H,1,3-6,8-14H2,2H3. The summed E-state index contributed by atoms with van der Waals surface area (Å²) in [7, 11) is 0. The Hall–Kier alpha value is -1.83. The zero-order valence-electron chi connectivity index (χ0n) is 19.5. The first-order valence-electron chi connectivity index (χ1n) is 12.4. The Labute approximate surface area is 200 Å². The molecule has 6 nitrogen and oxygen atoms in total. The average molecular weight is 473 g/mol. The fraction of sp³-hybridized carbons (Fsp3) is 0.654. The Balaban J connectivity index is 1.72. The highest BCUT2D eigenvalue weighted by atomic mass is 32.1. The number of hydrogen-bond acceptors (Lipinski definition) is 6. The number of carbonyl (C=O) groups is 1. The molecular formula is C26H36N2O4S. The van der Waals surface area contributed by atoms with Crippen molar-refractivity contribution in [3.8, 4) is 0 Å². The number of anilines is 1. The number of nitrogens with zero attached hydrogens (tertiary/aromatic N) is 2. The van der Waals surface area contributed by atoms with E-state index in [0.717, 1.165) is 62.7 Å². The predicted molar refractivity (Wildman–Crippen MR) is 133 cm³/mol. The average Bonchev–Trinajstić information content (AvgIpc) is 3.25. The molecule has 1 amide bonds. The summed E-state index contributed by atoms with van der Waals surface area (Å²) in [5.41, 5.74) is 3.00. The Morgan fingerprint density at radius 1 is 1.15 bits per heavy atom. The number of amides is 1. The lowest BCUT2D eigenvalue weighted by Crippen LogP contribution is -2.50. The lowest BCUT2D eigenvalue weighted by atomic mass is 9.81. The molecule has 33 heavy (non-hydrogen) atoms. The van der Waals surface area contributed by atoms with Gasteiger partial charge in [-0.25, -0.2) is 0 Å². The summed E-state index contributed by atoms with van der Waals surface area (Å²) in [6, 6.07) is 2.01. The van der Waals surface area contributed by atoms with Crippen molar-refractivity contribution in [1.82, 2.24) is 0 Å². The number of aliphatic hydroxyl groups excluding tert-OH is 2. The van der Waals surface area contributed by atoms with E-state index in [1.54, 1.807) is 0 Å². The van der Waals surface area contributed by atoms with Crippen LogP contribution >= 0.6 is 11.3 Å². The smallest absolute Gasteiger partial charge is 0.328 e. The third-order valence-electron chi connectivity index (χ3n) is 7.80. The van der Waals surface area contributed by atoms with E-state index in [-0.39, 0.29) is 18.1 Å². The normalized spacial score (nSPS) is 29.3. The van der Waals surface area contributed by atoms with Gasteiger partial charge in [-0.1, -0.05) is 38.0 Å². The summed E-state index contributed by atoms with van der Waals surface area (Å²) in [6.07, 6.45) is 10.7. The largest absolute Gasteiger partial charge is 0.393 e. The van der Waals surface area contributed by atoms with Crippen LogP contribution in [0.3, 0.4) is 0 Å². The number of allylic oxidation sites excluding steroid dienone is 3. The molecule has 1 aromatic rings. The van der Waals surface area contributed by atoms with E-state index in [1.807, 2.05) is 11.0 Å². The second-order valence-electron chi connectivity index (χ2n) is 10.2. The monoisotopic (exact) mass is 472 g/mol. The molecule has 1 atom stereocenters. The highest BCUT2D eigenvalue weighted by Gasteiger charge is 2.37. The maximum Gasteiger partial charge on any atom is 0.328 e. The quantitative estimate of drug-likeness (QED) is 0.300. The molecule has 2 saturated carbocycles. The number of nitroso groups, excluding NO2 is 1. The molecule has 2 N–H and O–H groups in total. The van der Waals surface area contributed by atoms with Gasteiger partial charge in [-0.3, -0.25) is 4.79 Å². The molecule has 3 aliphatic carbocycles. The fourth-order valence-electron chi connectivity index (χ4n) is 5.64. The molecule has 0 bridgehead atoms. The van der Waals surface area contributed by atoms with Crippen LogP contribution in [0.4, 0.5) is 5.69 Å². The molecule has 1 heterocycles. The summed E-state index contributed by atoms with van der Waals surface area (Å²) in [4.78, 5) is 27.2. The summed E-state index contributed by atoms with van der Waals surface area (Å²) < 4.78 is 0. The highest BCUT2D eigenvalue weighted by Crippen LogP contribution is 2.43. The summed E-state index contributed by atoms with van der Waals surface area (Å²) in [5.74, 6) is 0.0250. The van der Waals surface area contributed by atoms with Crippen LogP contribution in [0.1, 0.15) is 92.1 Å². The van der Waals surface area contributed by atoms with Gasteiger partial charge in [-0.2, -0.15) is 0 Å². The second-order valence-corrected chi connectivity index (χ2v) is 11.3. The molecule has 0 radical (unpaired) electrons. The molecule has 4 rings (SSSR count). The number of hydrogen-bond donors (Lipinski definition) is 2. The Morgan fingerprint density at radius 3 is 2.45 bits per heavy atom. The maximum absolute atomic E-state index is 12.6. The molecule has 1 unspecified atom stereocenters. The number of carbonyl (C=O) groups excluding carboxylic acids is 1. The molecule has 3 aliphatic rings. The first kappa shape index (κ1) is 24.3. The van der Waals surface area contributed by atoms with Gasteiger partial charge in [0.05, 0.1) is 11.8 Å². The molecule has 0 saturated heterocycles. The molecule has 7 heteroatoms. The zero-order valence-corrected chi connectivity index (χ0v) is 20.4. The highest BCUT2D eigenvalue weighted by molar-refractivity contribution is 7.15. The van der Waals surface area contributed by atoms with Gasteiger partial charge in [0.2, 0.25) is 0 Å². The van der Waals surface area contributed by atoms with Gasteiger partial charge in [-0.15, -0.1) is 16.2 Å². The van der Waals surface area contributed by atoms with E-state index in [1.165, 1.54) is 22.5 Å². The van der Waals surface area contributed by atoms with Crippen LogP contribution in [0.5, 0.6) is 0 Å². The van der Waals surface area contributed by atoms with Crippen LogP contribution in [0.2, 0.25) is 0 Å². The predicted octanol–water partition coefficient (Wildman–Crippen LogP) is 6.03. The van der Waals surface area contributed by atoms with Crippen molar-refractivity contribution in [3.63, 3.8) is 0 Å². The van der Waals surface area contributed by atoms with E-state index < -0.39 is 12.1 Å². The van der Waals surface area contributed by atoms with Gasteiger partial charge in [0.15, 0.2) is 0 Å². The summed E-state index contributed by atoms with van der Waals surface area (Å²) in [5, 5.41) is 24.5. The lowest BCUT2D eigenvalue weighted by Gasteiger charge is -2.44. The minimum atomic E-state index is -0.771. The molecule has 0 aliphatic heterocycles. The molecule has 180 valence electrons.